The van der Waals surface area contributed by atoms with E-state index >= 15 is 0 Å². The van der Waals surface area contributed by atoms with E-state index in [0.717, 1.165) is 33.4 Å². The second-order valence-electron chi connectivity index (χ2n) is 6.98. The Labute approximate surface area is 174 Å². The molecule has 0 fully saturated rings. The van der Waals surface area contributed by atoms with Gasteiger partial charge in [0.1, 0.15) is 11.6 Å². The van der Waals surface area contributed by atoms with Gasteiger partial charge in [-0.15, -0.1) is 0 Å². The van der Waals surface area contributed by atoms with Gasteiger partial charge in [-0.2, -0.15) is 10.4 Å². The minimum Gasteiger partial charge on any atom is -0.321 e. The number of anilines is 1. The van der Waals surface area contributed by atoms with Crippen LogP contribution in [0, 0.1) is 25.2 Å². The summed E-state index contributed by atoms with van der Waals surface area (Å²) in [4.78, 5) is 12.9. The lowest BCUT2D eigenvalue weighted by molar-refractivity contribution is -0.112. The van der Waals surface area contributed by atoms with Crippen molar-refractivity contribution in [2.45, 2.75) is 13.8 Å². The summed E-state index contributed by atoms with van der Waals surface area (Å²) in [6.07, 6.45) is 1.61. The van der Waals surface area contributed by atoms with Gasteiger partial charge < -0.3 is 5.32 Å². The fraction of sp³-hybridized carbons (Fsp3) is 0.0800. The van der Waals surface area contributed by atoms with Gasteiger partial charge in [0.2, 0.25) is 0 Å². The highest BCUT2D eigenvalue weighted by molar-refractivity contribution is 6.13. The Bertz CT molecular complexity index is 1300. The normalized spacial score (nSPS) is 11.3. The van der Waals surface area contributed by atoms with Crippen molar-refractivity contribution in [3.8, 4) is 11.8 Å². The summed E-state index contributed by atoms with van der Waals surface area (Å²) in [6.45, 7) is 3.80. The number of rotatable bonds is 4. The third kappa shape index (κ3) is 3.59. The maximum Gasteiger partial charge on any atom is 0.266 e. The molecule has 0 saturated carbocycles. The highest BCUT2D eigenvalue weighted by atomic mass is 16.1. The topological polar surface area (TPSA) is 70.7 Å². The molecule has 1 N–H and O–H groups in total. The average molecular weight is 392 g/mol. The fourth-order valence-electron chi connectivity index (χ4n) is 3.50. The number of benzene rings is 3. The smallest absolute Gasteiger partial charge is 0.266 e. The number of aryl methyl sites for hydroxylation is 1. The van der Waals surface area contributed by atoms with Crippen LogP contribution in [0.25, 0.3) is 22.5 Å². The van der Waals surface area contributed by atoms with E-state index < -0.39 is 5.91 Å². The van der Waals surface area contributed by atoms with Gasteiger partial charge in [0, 0.05) is 22.3 Å². The van der Waals surface area contributed by atoms with Gasteiger partial charge in [0.05, 0.1) is 11.4 Å². The molecule has 1 aromatic heterocycles. The van der Waals surface area contributed by atoms with Crippen LogP contribution in [0.5, 0.6) is 0 Å². The second-order valence-corrected chi connectivity index (χ2v) is 6.98. The summed E-state index contributed by atoms with van der Waals surface area (Å²) in [5, 5.41) is 19.1. The summed E-state index contributed by atoms with van der Waals surface area (Å²) in [5.41, 5.74) is 4.01. The average Bonchev–Trinajstić information content (AvgIpc) is 3.06. The third-order valence-corrected chi connectivity index (χ3v) is 5.04. The number of carbonyl (C=O) groups excluding carboxylic acids is 1. The van der Waals surface area contributed by atoms with E-state index in [2.05, 4.69) is 10.4 Å². The van der Waals surface area contributed by atoms with Gasteiger partial charge in [-0.3, -0.25) is 4.79 Å². The van der Waals surface area contributed by atoms with Gasteiger partial charge >= 0.3 is 0 Å². The summed E-state index contributed by atoms with van der Waals surface area (Å²) in [6, 6.07) is 25.3. The zero-order valence-electron chi connectivity index (χ0n) is 16.8. The van der Waals surface area contributed by atoms with Crippen molar-refractivity contribution < 1.29 is 4.79 Å². The fourth-order valence-corrected chi connectivity index (χ4v) is 3.50. The molecule has 4 aromatic rings. The van der Waals surface area contributed by atoms with Crippen LogP contribution in [0.15, 0.2) is 78.4 Å². The number of hydrogen-bond donors (Lipinski definition) is 1. The molecular formula is C25H20N4O. The quantitative estimate of drug-likeness (QED) is 0.384. The first-order chi connectivity index (χ1) is 14.6. The number of nitrogens with zero attached hydrogens (tertiary/aromatic N) is 3. The monoisotopic (exact) mass is 392 g/mol. The molecule has 0 spiro atoms. The first-order valence-electron chi connectivity index (χ1n) is 9.61. The Kier molecular flexibility index (Phi) is 5.15. The molecule has 0 radical (unpaired) electrons. The molecule has 0 aliphatic carbocycles. The van der Waals surface area contributed by atoms with E-state index in [4.69, 9.17) is 0 Å². The van der Waals surface area contributed by atoms with E-state index in [1.165, 1.54) is 0 Å². The molecule has 0 aliphatic heterocycles. The minimum atomic E-state index is -0.444. The first-order valence-corrected chi connectivity index (χ1v) is 9.61. The minimum absolute atomic E-state index is 0.0294. The van der Waals surface area contributed by atoms with Crippen LogP contribution in [-0.2, 0) is 4.79 Å². The van der Waals surface area contributed by atoms with Gasteiger partial charge in [0.25, 0.3) is 5.91 Å². The lowest BCUT2D eigenvalue weighted by atomic mass is 10.1. The summed E-state index contributed by atoms with van der Waals surface area (Å²) in [7, 11) is 0. The van der Waals surface area contributed by atoms with Crippen molar-refractivity contribution in [3.05, 3.63) is 95.3 Å². The van der Waals surface area contributed by atoms with Gasteiger partial charge in [0.15, 0.2) is 0 Å². The number of carbonyl (C=O) groups is 1. The number of fused-ring (bicyclic) bond motifs is 1. The molecule has 1 heterocycles. The van der Waals surface area contributed by atoms with Crippen molar-refractivity contribution in [2.24, 2.45) is 0 Å². The van der Waals surface area contributed by atoms with Crippen LogP contribution < -0.4 is 5.32 Å². The molecule has 5 nitrogen and oxygen atoms in total. The predicted molar refractivity (Wildman–Crippen MR) is 119 cm³/mol. The van der Waals surface area contributed by atoms with Crippen LogP contribution >= 0.6 is 0 Å². The van der Waals surface area contributed by atoms with Crippen LogP contribution in [-0.4, -0.2) is 15.7 Å². The van der Waals surface area contributed by atoms with Crippen molar-refractivity contribution in [1.82, 2.24) is 9.78 Å². The first kappa shape index (κ1) is 19.2. The molecule has 4 rings (SSSR count). The van der Waals surface area contributed by atoms with Gasteiger partial charge in [-0.05, 0) is 43.5 Å². The number of aromatic nitrogens is 2. The maximum absolute atomic E-state index is 12.9. The molecule has 0 saturated heterocycles. The van der Waals surface area contributed by atoms with Crippen molar-refractivity contribution in [3.63, 3.8) is 0 Å². The predicted octanol–water partition coefficient (Wildman–Crippen LogP) is 5.19. The van der Waals surface area contributed by atoms with Crippen LogP contribution in [0.2, 0.25) is 0 Å². The van der Waals surface area contributed by atoms with Gasteiger partial charge in [-0.25, -0.2) is 4.68 Å². The number of nitrogens with one attached hydrogen (secondary N) is 1. The molecule has 146 valence electrons. The highest BCUT2D eigenvalue weighted by Crippen LogP contribution is 2.24. The lowest BCUT2D eigenvalue weighted by Gasteiger charge is -2.08. The number of nitriles is 1. The number of amides is 1. The molecule has 5 heteroatoms. The summed E-state index contributed by atoms with van der Waals surface area (Å²) >= 11 is 0. The van der Waals surface area contributed by atoms with Crippen molar-refractivity contribution >= 4 is 28.4 Å². The van der Waals surface area contributed by atoms with E-state index in [9.17, 15) is 10.1 Å². The molecule has 0 unspecified atom stereocenters. The molecule has 0 bridgehead atoms. The Morgan fingerprint density at radius 2 is 1.70 bits per heavy atom. The Morgan fingerprint density at radius 3 is 2.47 bits per heavy atom. The SMILES string of the molecule is Cc1nn(-c2ccccc2)c(C)c1/C=C(\C#N)C(=O)Nc1cccc2ccccc12. The Balaban J connectivity index is 1.68. The number of hydrogen-bond acceptors (Lipinski definition) is 3. The largest absolute Gasteiger partial charge is 0.321 e. The molecular weight excluding hydrogens is 372 g/mol. The standard InChI is InChI=1S/C25H20N4O/c1-17-23(18(2)29(28-17)21-11-4-3-5-12-21)15-20(16-26)25(30)27-24-14-8-10-19-9-6-7-13-22(19)24/h3-15H,1-2H3,(H,27,30)/b20-15+. The van der Waals surface area contributed by atoms with Crippen LogP contribution in [0.3, 0.4) is 0 Å². The highest BCUT2D eigenvalue weighted by Gasteiger charge is 2.16. The number of para-hydroxylation sites is 1. The maximum atomic E-state index is 12.9. The Hall–Kier alpha value is -4.17. The summed E-state index contributed by atoms with van der Waals surface area (Å²) in [5.74, 6) is -0.444. The summed E-state index contributed by atoms with van der Waals surface area (Å²) < 4.78 is 1.82. The van der Waals surface area contributed by atoms with E-state index in [1.54, 1.807) is 6.08 Å². The van der Waals surface area contributed by atoms with E-state index in [-0.39, 0.29) is 5.57 Å². The zero-order valence-corrected chi connectivity index (χ0v) is 16.8. The molecule has 0 atom stereocenters. The Morgan fingerprint density at radius 1 is 1.00 bits per heavy atom. The molecule has 0 aliphatic rings. The second kappa shape index (κ2) is 8.06. The van der Waals surface area contributed by atoms with Gasteiger partial charge in [-0.1, -0.05) is 54.6 Å². The molecule has 3 aromatic carbocycles. The van der Waals surface area contributed by atoms with Crippen LogP contribution in [0.1, 0.15) is 17.0 Å². The third-order valence-electron chi connectivity index (χ3n) is 5.04. The van der Waals surface area contributed by atoms with Crippen molar-refractivity contribution in [2.75, 3.05) is 5.32 Å². The molecule has 30 heavy (non-hydrogen) atoms. The van der Waals surface area contributed by atoms with E-state index in [1.807, 2.05) is 97.4 Å². The van der Waals surface area contributed by atoms with Crippen LogP contribution in [0.4, 0.5) is 5.69 Å². The van der Waals surface area contributed by atoms with E-state index in [0.29, 0.717) is 5.69 Å². The lowest BCUT2D eigenvalue weighted by Crippen LogP contribution is -2.13. The van der Waals surface area contributed by atoms with Crippen molar-refractivity contribution in [1.29, 1.82) is 5.26 Å². The molecule has 1 amide bonds. The zero-order chi connectivity index (χ0) is 21.1.